The molecule has 0 aliphatic carbocycles. The van der Waals surface area contributed by atoms with Crippen LogP contribution in [0.15, 0.2) is 72.9 Å². The fourth-order valence-electron chi connectivity index (χ4n) is 3.83. The van der Waals surface area contributed by atoms with E-state index in [9.17, 15) is 9.59 Å². The van der Waals surface area contributed by atoms with Crippen LogP contribution < -0.4 is 5.32 Å². The number of benzene rings is 2. The fourth-order valence-corrected chi connectivity index (χ4v) is 3.83. The number of amides is 2. The van der Waals surface area contributed by atoms with E-state index in [1.165, 1.54) is 11.1 Å². The molecule has 1 atom stereocenters. The smallest absolute Gasteiger partial charge is 0.272 e. The molecule has 2 aromatic carbocycles. The number of nitrogens with one attached hydrogen (secondary N) is 1. The van der Waals surface area contributed by atoms with Crippen LogP contribution in [0, 0.1) is 12.8 Å². The van der Waals surface area contributed by atoms with Gasteiger partial charge >= 0.3 is 0 Å². The summed E-state index contributed by atoms with van der Waals surface area (Å²) in [6.45, 7) is 3.42. The van der Waals surface area contributed by atoms with Crippen LogP contribution in [0.25, 0.3) is 11.1 Å². The minimum Gasteiger partial charge on any atom is -0.354 e. The Kier molecular flexibility index (Phi) is 5.89. The van der Waals surface area contributed by atoms with Crippen molar-refractivity contribution in [3.63, 3.8) is 0 Å². The molecule has 152 valence electrons. The van der Waals surface area contributed by atoms with Gasteiger partial charge in [-0.15, -0.1) is 0 Å². The monoisotopic (exact) mass is 399 g/mol. The van der Waals surface area contributed by atoms with Crippen molar-refractivity contribution in [1.29, 1.82) is 0 Å². The summed E-state index contributed by atoms with van der Waals surface area (Å²) in [6, 6.07) is 22.0. The van der Waals surface area contributed by atoms with E-state index >= 15 is 0 Å². The van der Waals surface area contributed by atoms with Crippen LogP contribution in [-0.2, 0) is 11.2 Å². The Balaban J connectivity index is 1.48. The van der Waals surface area contributed by atoms with Gasteiger partial charge in [-0.1, -0.05) is 60.2 Å². The summed E-state index contributed by atoms with van der Waals surface area (Å²) in [4.78, 5) is 31.3. The van der Waals surface area contributed by atoms with E-state index in [0.717, 1.165) is 11.1 Å². The molecule has 1 N–H and O–H groups in total. The number of pyridine rings is 1. The van der Waals surface area contributed by atoms with E-state index < -0.39 is 0 Å². The van der Waals surface area contributed by atoms with Gasteiger partial charge in [-0.25, -0.2) is 0 Å². The Morgan fingerprint density at radius 1 is 1.07 bits per heavy atom. The van der Waals surface area contributed by atoms with Crippen molar-refractivity contribution in [1.82, 2.24) is 15.2 Å². The molecular weight excluding hydrogens is 374 g/mol. The Morgan fingerprint density at radius 2 is 1.90 bits per heavy atom. The zero-order valence-electron chi connectivity index (χ0n) is 17.0. The third-order valence-corrected chi connectivity index (χ3v) is 5.45. The van der Waals surface area contributed by atoms with Crippen LogP contribution in [0.3, 0.4) is 0 Å². The molecule has 4 rings (SSSR count). The third-order valence-electron chi connectivity index (χ3n) is 5.45. The molecular formula is C25H25N3O2. The average Bonchev–Trinajstić information content (AvgIpc) is 2.96. The maximum atomic E-state index is 12.8. The van der Waals surface area contributed by atoms with E-state index in [4.69, 9.17) is 0 Å². The maximum absolute atomic E-state index is 12.8. The van der Waals surface area contributed by atoms with Gasteiger partial charge < -0.3 is 10.2 Å². The molecule has 5 heteroatoms. The summed E-state index contributed by atoms with van der Waals surface area (Å²) in [5, 5.41) is 2.94. The quantitative estimate of drug-likeness (QED) is 0.731. The summed E-state index contributed by atoms with van der Waals surface area (Å²) >= 11 is 0. The average molecular weight is 399 g/mol. The lowest BCUT2D eigenvalue weighted by Gasteiger charge is -2.23. The highest BCUT2D eigenvalue weighted by atomic mass is 16.2. The Bertz CT molecular complexity index is 1030. The van der Waals surface area contributed by atoms with Crippen LogP contribution in [0.5, 0.6) is 0 Å². The molecule has 0 bridgehead atoms. The van der Waals surface area contributed by atoms with E-state index in [1.54, 1.807) is 29.3 Å². The molecule has 0 unspecified atom stereocenters. The zero-order chi connectivity index (χ0) is 20.9. The first-order chi connectivity index (χ1) is 14.6. The molecule has 2 amide bonds. The molecule has 5 nitrogen and oxygen atoms in total. The number of rotatable bonds is 4. The summed E-state index contributed by atoms with van der Waals surface area (Å²) in [5.74, 6) is -0.425. The van der Waals surface area contributed by atoms with Crippen LogP contribution in [0.4, 0.5) is 0 Å². The molecule has 1 aromatic heterocycles. The third kappa shape index (κ3) is 4.57. The van der Waals surface area contributed by atoms with Gasteiger partial charge in [-0.05, 0) is 42.2 Å². The molecule has 1 saturated heterocycles. The minimum atomic E-state index is -0.287. The topological polar surface area (TPSA) is 62.3 Å². The molecule has 1 aliphatic rings. The SMILES string of the molecule is Cc1cccc(-c2ccc(C[C@H]3CN(C(=O)c4ccccn4)CCNC3=O)cc2)c1. The van der Waals surface area contributed by atoms with Crippen molar-refractivity contribution in [3.05, 3.63) is 89.7 Å². The standard InChI is InChI=1S/C25H25N3O2/c1-18-5-4-6-21(15-18)20-10-8-19(9-11-20)16-22-17-28(14-13-27-24(22)29)25(30)23-7-2-3-12-26-23/h2-12,15,22H,13-14,16-17H2,1H3,(H,27,29)/t22-/m0/s1. The van der Waals surface area contributed by atoms with Gasteiger partial charge in [0.1, 0.15) is 5.69 Å². The highest BCUT2D eigenvalue weighted by Gasteiger charge is 2.28. The van der Waals surface area contributed by atoms with Crippen molar-refractivity contribution in [3.8, 4) is 11.1 Å². The van der Waals surface area contributed by atoms with Crippen molar-refractivity contribution in [2.24, 2.45) is 5.92 Å². The van der Waals surface area contributed by atoms with Crippen molar-refractivity contribution < 1.29 is 9.59 Å². The predicted octanol–water partition coefficient (Wildman–Crippen LogP) is 3.49. The Morgan fingerprint density at radius 3 is 2.63 bits per heavy atom. The van der Waals surface area contributed by atoms with Crippen LogP contribution >= 0.6 is 0 Å². The lowest BCUT2D eigenvalue weighted by Crippen LogP contribution is -2.37. The molecule has 0 spiro atoms. The molecule has 0 saturated carbocycles. The zero-order valence-corrected chi connectivity index (χ0v) is 17.0. The highest BCUT2D eigenvalue weighted by molar-refractivity contribution is 5.93. The van der Waals surface area contributed by atoms with Gasteiger partial charge in [0.05, 0.1) is 5.92 Å². The van der Waals surface area contributed by atoms with Crippen LogP contribution in [0.2, 0.25) is 0 Å². The number of aryl methyl sites for hydroxylation is 1. The van der Waals surface area contributed by atoms with E-state index in [1.807, 2.05) is 0 Å². The number of carbonyl (C=O) groups is 2. The Hall–Kier alpha value is -3.47. The summed E-state index contributed by atoms with van der Waals surface area (Å²) in [7, 11) is 0. The van der Waals surface area contributed by atoms with Gasteiger partial charge in [0.15, 0.2) is 0 Å². The number of hydrogen-bond acceptors (Lipinski definition) is 3. The summed E-state index contributed by atoms with van der Waals surface area (Å²) in [5.41, 5.74) is 5.05. The fraction of sp³-hybridized carbons (Fsp3) is 0.240. The van der Waals surface area contributed by atoms with Crippen molar-refractivity contribution >= 4 is 11.8 Å². The van der Waals surface area contributed by atoms with Gasteiger partial charge in [0.2, 0.25) is 5.91 Å². The van der Waals surface area contributed by atoms with Crippen molar-refractivity contribution in [2.75, 3.05) is 19.6 Å². The van der Waals surface area contributed by atoms with Gasteiger partial charge in [-0.3, -0.25) is 14.6 Å². The number of hydrogen-bond donors (Lipinski definition) is 1. The molecule has 0 radical (unpaired) electrons. The second-order valence-corrected chi connectivity index (χ2v) is 7.72. The van der Waals surface area contributed by atoms with E-state index in [0.29, 0.717) is 31.7 Å². The lowest BCUT2D eigenvalue weighted by atomic mass is 9.95. The van der Waals surface area contributed by atoms with E-state index in [2.05, 4.69) is 65.8 Å². The number of carbonyl (C=O) groups excluding carboxylic acids is 2. The molecule has 1 aliphatic heterocycles. The molecule has 2 heterocycles. The van der Waals surface area contributed by atoms with Crippen LogP contribution in [-0.4, -0.2) is 41.3 Å². The van der Waals surface area contributed by atoms with Gasteiger partial charge in [0.25, 0.3) is 5.91 Å². The minimum absolute atomic E-state index is 0.00548. The second kappa shape index (κ2) is 8.91. The first-order valence-corrected chi connectivity index (χ1v) is 10.2. The predicted molar refractivity (Wildman–Crippen MR) is 117 cm³/mol. The number of nitrogens with zero attached hydrogens (tertiary/aromatic N) is 2. The lowest BCUT2D eigenvalue weighted by molar-refractivity contribution is -0.124. The number of aromatic nitrogens is 1. The van der Waals surface area contributed by atoms with Crippen molar-refractivity contribution in [2.45, 2.75) is 13.3 Å². The van der Waals surface area contributed by atoms with Crippen LogP contribution in [0.1, 0.15) is 21.6 Å². The Labute approximate surface area is 176 Å². The largest absolute Gasteiger partial charge is 0.354 e. The molecule has 30 heavy (non-hydrogen) atoms. The summed E-state index contributed by atoms with van der Waals surface area (Å²) < 4.78 is 0. The highest BCUT2D eigenvalue weighted by Crippen LogP contribution is 2.22. The molecule has 1 fully saturated rings. The normalized spacial score (nSPS) is 16.6. The maximum Gasteiger partial charge on any atom is 0.272 e. The van der Waals surface area contributed by atoms with Gasteiger partial charge in [-0.2, -0.15) is 0 Å². The first kappa shape index (κ1) is 19.8. The van der Waals surface area contributed by atoms with E-state index in [-0.39, 0.29) is 17.7 Å². The second-order valence-electron chi connectivity index (χ2n) is 7.72. The summed E-state index contributed by atoms with van der Waals surface area (Å²) in [6.07, 6.45) is 2.20. The van der Waals surface area contributed by atoms with Gasteiger partial charge in [0, 0.05) is 25.8 Å². The first-order valence-electron chi connectivity index (χ1n) is 10.2. The molecule has 3 aromatic rings.